The molecule has 0 spiro atoms. The van der Waals surface area contributed by atoms with Gasteiger partial charge < -0.3 is 10.2 Å². The third-order valence-electron chi connectivity index (χ3n) is 6.25. The van der Waals surface area contributed by atoms with Crippen molar-refractivity contribution < 1.29 is 22.4 Å². The number of carbonyl (C=O) groups is 2. The lowest BCUT2D eigenvalue weighted by Gasteiger charge is -2.32. The van der Waals surface area contributed by atoms with Crippen molar-refractivity contribution in [3.63, 3.8) is 0 Å². The SMILES string of the molecule is CC(C)NC(=O)[C@H](Cc1ccccc1)N(Cc1ccccc1F)C(=O)CCCN(c1cccc(Cl)c1)S(C)(=O)=O. The van der Waals surface area contributed by atoms with Crippen molar-refractivity contribution in [2.45, 2.75) is 51.7 Å². The van der Waals surface area contributed by atoms with E-state index in [1.54, 1.807) is 42.5 Å². The zero-order valence-corrected chi connectivity index (χ0v) is 24.5. The molecule has 7 nitrogen and oxygen atoms in total. The van der Waals surface area contributed by atoms with Gasteiger partial charge in [0.05, 0.1) is 11.9 Å². The van der Waals surface area contributed by atoms with Gasteiger partial charge in [0.2, 0.25) is 21.8 Å². The summed E-state index contributed by atoms with van der Waals surface area (Å²) in [5, 5.41) is 3.28. The fourth-order valence-corrected chi connectivity index (χ4v) is 5.52. The van der Waals surface area contributed by atoms with Crippen molar-refractivity contribution >= 4 is 39.1 Å². The molecule has 1 atom stereocenters. The molecule has 0 aromatic heterocycles. The first-order valence-electron chi connectivity index (χ1n) is 13.1. The Bertz CT molecular complexity index is 1400. The van der Waals surface area contributed by atoms with Crippen molar-refractivity contribution in [2.75, 3.05) is 17.1 Å². The third kappa shape index (κ3) is 9.06. The molecule has 10 heteroatoms. The van der Waals surface area contributed by atoms with Crippen LogP contribution in [0.4, 0.5) is 10.1 Å². The molecule has 0 heterocycles. The lowest BCUT2D eigenvalue weighted by Crippen LogP contribution is -2.52. The molecule has 3 rings (SSSR count). The van der Waals surface area contributed by atoms with Crippen LogP contribution < -0.4 is 9.62 Å². The van der Waals surface area contributed by atoms with Gasteiger partial charge in [0.15, 0.2) is 0 Å². The Kier molecular flexibility index (Phi) is 11.1. The zero-order chi connectivity index (χ0) is 29.3. The molecule has 0 saturated carbocycles. The van der Waals surface area contributed by atoms with Crippen LogP contribution in [0, 0.1) is 5.82 Å². The molecule has 0 radical (unpaired) electrons. The first-order valence-corrected chi connectivity index (χ1v) is 15.3. The van der Waals surface area contributed by atoms with Crippen molar-refractivity contribution in [1.29, 1.82) is 0 Å². The Morgan fingerprint density at radius 1 is 0.975 bits per heavy atom. The highest BCUT2D eigenvalue weighted by atomic mass is 35.5. The number of sulfonamides is 1. The maximum absolute atomic E-state index is 14.7. The number of hydrogen-bond donors (Lipinski definition) is 1. The van der Waals surface area contributed by atoms with Gasteiger partial charge in [-0.1, -0.05) is 66.2 Å². The van der Waals surface area contributed by atoms with Gasteiger partial charge in [-0.3, -0.25) is 13.9 Å². The molecular weight excluding hydrogens is 553 g/mol. The van der Waals surface area contributed by atoms with Crippen LogP contribution >= 0.6 is 11.6 Å². The van der Waals surface area contributed by atoms with E-state index in [1.807, 2.05) is 44.2 Å². The van der Waals surface area contributed by atoms with E-state index in [0.29, 0.717) is 10.7 Å². The van der Waals surface area contributed by atoms with Crippen LogP contribution in [0.25, 0.3) is 0 Å². The van der Waals surface area contributed by atoms with Gasteiger partial charge in [-0.05, 0) is 50.1 Å². The first-order chi connectivity index (χ1) is 19.0. The first kappa shape index (κ1) is 31.1. The van der Waals surface area contributed by atoms with Crippen LogP contribution in [-0.4, -0.2) is 50.0 Å². The lowest BCUT2D eigenvalue weighted by molar-refractivity contribution is -0.141. The summed E-state index contributed by atoms with van der Waals surface area (Å²) in [4.78, 5) is 28.5. The second kappa shape index (κ2) is 14.3. The second-order valence-electron chi connectivity index (χ2n) is 9.90. The van der Waals surface area contributed by atoms with Gasteiger partial charge in [0, 0.05) is 42.6 Å². The highest BCUT2D eigenvalue weighted by Crippen LogP contribution is 2.23. The summed E-state index contributed by atoms with van der Waals surface area (Å²) in [6.07, 6.45) is 1.45. The number of halogens is 2. The van der Waals surface area contributed by atoms with E-state index in [-0.39, 0.29) is 55.8 Å². The Labute approximate surface area is 241 Å². The summed E-state index contributed by atoms with van der Waals surface area (Å²) < 4.78 is 41.0. The number of rotatable bonds is 13. The van der Waals surface area contributed by atoms with E-state index in [0.717, 1.165) is 11.8 Å². The lowest BCUT2D eigenvalue weighted by atomic mass is 10.0. The molecule has 3 aromatic rings. The fourth-order valence-electron chi connectivity index (χ4n) is 4.38. The van der Waals surface area contributed by atoms with Crippen LogP contribution in [0.5, 0.6) is 0 Å². The van der Waals surface area contributed by atoms with E-state index >= 15 is 0 Å². The van der Waals surface area contributed by atoms with Crippen molar-refractivity contribution in [2.24, 2.45) is 0 Å². The van der Waals surface area contributed by atoms with Crippen LogP contribution in [0.15, 0.2) is 78.9 Å². The minimum absolute atomic E-state index is 0.0278. The van der Waals surface area contributed by atoms with E-state index in [1.165, 1.54) is 15.3 Å². The van der Waals surface area contributed by atoms with E-state index in [4.69, 9.17) is 11.6 Å². The summed E-state index contributed by atoms with van der Waals surface area (Å²) in [6, 6.07) is 20.8. The van der Waals surface area contributed by atoms with Gasteiger partial charge in [-0.2, -0.15) is 0 Å². The molecule has 0 aliphatic heterocycles. The third-order valence-corrected chi connectivity index (χ3v) is 7.68. The average Bonchev–Trinajstić information content (AvgIpc) is 2.89. The summed E-state index contributed by atoms with van der Waals surface area (Å²) >= 11 is 6.07. The predicted molar refractivity (Wildman–Crippen MR) is 157 cm³/mol. The van der Waals surface area contributed by atoms with Crippen molar-refractivity contribution in [3.8, 4) is 0 Å². The Hall–Kier alpha value is -3.43. The molecule has 0 aliphatic carbocycles. The summed E-state index contributed by atoms with van der Waals surface area (Å²) in [5.41, 5.74) is 1.52. The minimum atomic E-state index is -3.65. The van der Waals surface area contributed by atoms with Crippen LogP contribution in [-0.2, 0) is 32.6 Å². The highest BCUT2D eigenvalue weighted by molar-refractivity contribution is 7.92. The smallest absolute Gasteiger partial charge is 0.243 e. The zero-order valence-electron chi connectivity index (χ0n) is 22.9. The molecule has 214 valence electrons. The van der Waals surface area contributed by atoms with E-state index in [9.17, 15) is 22.4 Å². The number of benzene rings is 3. The number of nitrogens with one attached hydrogen (secondary N) is 1. The average molecular weight is 588 g/mol. The molecule has 1 N–H and O–H groups in total. The standard InChI is InChI=1S/C30H35ClFN3O4S/c1-22(2)33-30(37)28(19-23-11-5-4-6-12-23)34(21-24-13-7-8-16-27(24)32)29(36)17-10-18-35(40(3,38)39)26-15-9-14-25(31)20-26/h4-9,11-16,20,22,28H,10,17-19,21H2,1-3H3,(H,33,37)/t28-/m0/s1. The molecule has 0 unspecified atom stereocenters. The topological polar surface area (TPSA) is 86.8 Å². The molecule has 0 saturated heterocycles. The van der Waals surface area contributed by atoms with Crippen molar-refractivity contribution in [3.05, 3.63) is 101 Å². The van der Waals surface area contributed by atoms with Crippen LogP contribution in [0.2, 0.25) is 5.02 Å². The maximum Gasteiger partial charge on any atom is 0.243 e. The normalized spacial score (nSPS) is 12.2. The largest absolute Gasteiger partial charge is 0.352 e. The Morgan fingerprint density at radius 3 is 2.27 bits per heavy atom. The number of anilines is 1. The predicted octanol–water partition coefficient (Wildman–Crippen LogP) is 5.19. The molecule has 2 amide bonds. The number of nitrogens with zero attached hydrogens (tertiary/aromatic N) is 2. The van der Waals surface area contributed by atoms with E-state index < -0.39 is 21.9 Å². The number of hydrogen-bond acceptors (Lipinski definition) is 4. The monoisotopic (exact) mass is 587 g/mol. The van der Waals surface area contributed by atoms with Gasteiger partial charge in [0.25, 0.3) is 0 Å². The maximum atomic E-state index is 14.7. The quantitative estimate of drug-likeness (QED) is 0.298. The van der Waals surface area contributed by atoms with Crippen LogP contribution in [0.3, 0.4) is 0 Å². The Morgan fingerprint density at radius 2 is 1.65 bits per heavy atom. The van der Waals surface area contributed by atoms with Gasteiger partial charge >= 0.3 is 0 Å². The van der Waals surface area contributed by atoms with Crippen molar-refractivity contribution in [1.82, 2.24) is 10.2 Å². The van der Waals surface area contributed by atoms with E-state index in [2.05, 4.69) is 5.32 Å². The fraction of sp³-hybridized carbons (Fsp3) is 0.333. The minimum Gasteiger partial charge on any atom is -0.352 e. The number of amides is 2. The molecule has 3 aromatic carbocycles. The number of carbonyl (C=O) groups excluding carboxylic acids is 2. The Balaban J connectivity index is 1.89. The summed E-state index contributed by atoms with van der Waals surface area (Å²) in [7, 11) is -3.65. The molecule has 0 aliphatic rings. The van der Waals surface area contributed by atoms with Gasteiger partial charge in [0.1, 0.15) is 11.9 Å². The van der Waals surface area contributed by atoms with Gasteiger partial charge in [-0.25, -0.2) is 12.8 Å². The molecule has 0 bridgehead atoms. The van der Waals surface area contributed by atoms with Crippen LogP contribution in [0.1, 0.15) is 37.8 Å². The summed E-state index contributed by atoms with van der Waals surface area (Å²) in [6.45, 7) is 3.57. The molecule has 40 heavy (non-hydrogen) atoms. The molecule has 0 fully saturated rings. The molecular formula is C30H35ClFN3O4S. The highest BCUT2D eigenvalue weighted by Gasteiger charge is 2.31. The van der Waals surface area contributed by atoms with Gasteiger partial charge in [-0.15, -0.1) is 0 Å². The summed E-state index contributed by atoms with van der Waals surface area (Å²) in [5.74, 6) is -1.21. The second-order valence-corrected chi connectivity index (χ2v) is 12.2.